The molecule has 2 N–H and O–H groups in total. The molecule has 0 bridgehead atoms. The molecule has 0 aliphatic heterocycles. The molecule has 1 heterocycles. The summed E-state index contributed by atoms with van der Waals surface area (Å²) in [6.07, 6.45) is 0.785. The third-order valence-corrected chi connectivity index (χ3v) is 5.34. The molecule has 0 saturated heterocycles. The van der Waals surface area contributed by atoms with Gasteiger partial charge in [-0.3, -0.25) is 9.69 Å². The molecule has 3 aromatic rings. The third kappa shape index (κ3) is 3.65. The minimum absolute atomic E-state index is 0.0795. The highest BCUT2D eigenvalue weighted by molar-refractivity contribution is 7.24. The average Bonchev–Trinajstić information content (AvgIpc) is 2.60. The van der Waals surface area contributed by atoms with E-state index in [1.54, 1.807) is 11.3 Å². The molecule has 126 valence electrons. The van der Waals surface area contributed by atoms with Crippen molar-refractivity contribution in [3.05, 3.63) is 58.3 Å². The number of fused-ring (bicyclic) bond motifs is 2. The summed E-state index contributed by atoms with van der Waals surface area (Å²) in [5, 5.41) is 19.7. The molecule has 2 aromatic carbocycles. The van der Waals surface area contributed by atoms with Gasteiger partial charge in [0.25, 0.3) is 0 Å². The highest BCUT2D eigenvalue weighted by atomic mass is 32.1. The smallest absolute Gasteiger partial charge is 0.195 e. The van der Waals surface area contributed by atoms with E-state index < -0.39 is 0 Å². The van der Waals surface area contributed by atoms with Crippen molar-refractivity contribution >= 4 is 31.5 Å². The molecule has 0 radical (unpaired) electrons. The van der Waals surface area contributed by atoms with Crippen LogP contribution < -0.4 is 5.43 Å². The van der Waals surface area contributed by atoms with Gasteiger partial charge in [-0.15, -0.1) is 11.3 Å². The van der Waals surface area contributed by atoms with Gasteiger partial charge in [0.15, 0.2) is 5.43 Å². The molecule has 24 heavy (non-hydrogen) atoms. The molecule has 0 spiro atoms. The van der Waals surface area contributed by atoms with Crippen molar-refractivity contribution in [1.82, 2.24) is 4.90 Å². The molecule has 0 saturated carbocycles. The summed E-state index contributed by atoms with van der Waals surface area (Å²) in [6, 6.07) is 13.8. The van der Waals surface area contributed by atoms with Crippen LogP contribution in [0.5, 0.6) is 0 Å². The maximum atomic E-state index is 12.7. The quantitative estimate of drug-likeness (QED) is 0.646. The van der Waals surface area contributed by atoms with E-state index in [-0.39, 0.29) is 18.6 Å². The number of benzene rings is 2. The van der Waals surface area contributed by atoms with Crippen LogP contribution >= 0.6 is 11.3 Å². The Hall–Kier alpha value is -1.79. The lowest BCUT2D eigenvalue weighted by molar-refractivity contribution is 0.162. The van der Waals surface area contributed by atoms with Gasteiger partial charge in [0.05, 0.1) is 13.2 Å². The normalized spacial score (nSPS) is 11.6. The lowest BCUT2D eigenvalue weighted by Gasteiger charge is -2.20. The number of hydrogen-bond acceptors (Lipinski definition) is 5. The summed E-state index contributed by atoms with van der Waals surface area (Å²) in [4.78, 5) is 14.7. The van der Waals surface area contributed by atoms with E-state index in [2.05, 4.69) is 6.07 Å². The third-order valence-electron chi connectivity index (χ3n) is 4.19. The fourth-order valence-electron chi connectivity index (χ4n) is 2.91. The summed E-state index contributed by atoms with van der Waals surface area (Å²) in [5.74, 6) is 0. The van der Waals surface area contributed by atoms with E-state index in [4.69, 9.17) is 10.2 Å². The Bertz CT molecular complexity index is 885. The molecule has 0 unspecified atom stereocenters. The van der Waals surface area contributed by atoms with Crippen molar-refractivity contribution in [2.45, 2.75) is 6.42 Å². The first-order chi connectivity index (χ1) is 11.7. The van der Waals surface area contributed by atoms with Gasteiger partial charge in [-0.05, 0) is 36.2 Å². The minimum Gasteiger partial charge on any atom is -0.395 e. The van der Waals surface area contributed by atoms with E-state index in [1.807, 2.05) is 41.3 Å². The molecular formula is C19H21NO3S. The van der Waals surface area contributed by atoms with E-state index in [9.17, 15) is 4.79 Å². The van der Waals surface area contributed by atoms with Crippen LogP contribution in [-0.2, 0) is 6.42 Å². The van der Waals surface area contributed by atoms with Crippen LogP contribution in [0.3, 0.4) is 0 Å². The van der Waals surface area contributed by atoms with Crippen LogP contribution in [0, 0.1) is 0 Å². The van der Waals surface area contributed by atoms with E-state index in [0.29, 0.717) is 13.1 Å². The number of rotatable bonds is 7. The SMILES string of the molecule is O=c1c2ccccc2sc2ccc(CCN(CCO)CCO)cc12. The predicted molar refractivity (Wildman–Crippen MR) is 99.9 cm³/mol. The van der Waals surface area contributed by atoms with Crippen LogP contribution in [0.25, 0.3) is 20.2 Å². The summed E-state index contributed by atoms with van der Waals surface area (Å²) in [5.41, 5.74) is 1.19. The van der Waals surface area contributed by atoms with Gasteiger partial charge in [-0.2, -0.15) is 0 Å². The van der Waals surface area contributed by atoms with Crippen molar-refractivity contribution in [2.24, 2.45) is 0 Å². The molecule has 1 aromatic heterocycles. The standard InChI is InChI=1S/C19H21NO3S/c21-11-9-20(10-12-22)8-7-14-5-6-18-16(13-14)19(23)15-3-1-2-4-17(15)24-18/h1-6,13,21-22H,7-12H2. The van der Waals surface area contributed by atoms with Gasteiger partial charge in [0, 0.05) is 39.8 Å². The van der Waals surface area contributed by atoms with E-state index in [0.717, 1.165) is 38.7 Å². The van der Waals surface area contributed by atoms with Crippen molar-refractivity contribution in [3.63, 3.8) is 0 Å². The van der Waals surface area contributed by atoms with Crippen molar-refractivity contribution < 1.29 is 10.2 Å². The van der Waals surface area contributed by atoms with Crippen LogP contribution in [-0.4, -0.2) is 48.0 Å². The van der Waals surface area contributed by atoms with Gasteiger partial charge in [-0.1, -0.05) is 18.2 Å². The number of hydrogen-bond donors (Lipinski definition) is 2. The van der Waals surface area contributed by atoms with Gasteiger partial charge in [0.2, 0.25) is 0 Å². The lowest BCUT2D eigenvalue weighted by Crippen LogP contribution is -2.31. The van der Waals surface area contributed by atoms with Crippen molar-refractivity contribution in [3.8, 4) is 0 Å². The first kappa shape index (κ1) is 17.0. The highest BCUT2D eigenvalue weighted by Gasteiger charge is 2.08. The molecule has 3 rings (SSSR count). The zero-order valence-corrected chi connectivity index (χ0v) is 14.3. The molecule has 0 fully saturated rings. The maximum Gasteiger partial charge on any atom is 0.195 e. The van der Waals surface area contributed by atoms with Crippen molar-refractivity contribution in [1.29, 1.82) is 0 Å². The molecular weight excluding hydrogens is 322 g/mol. The van der Waals surface area contributed by atoms with Gasteiger partial charge in [0.1, 0.15) is 0 Å². The maximum absolute atomic E-state index is 12.7. The number of aliphatic hydroxyl groups excluding tert-OH is 2. The molecule has 5 heteroatoms. The Morgan fingerprint density at radius 3 is 2.33 bits per heavy atom. The summed E-state index contributed by atoms with van der Waals surface area (Å²) >= 11 is 1.64. The summed E-state index contributed by atoms with van der Waals surface area (Å²) < 4.78 is 2.02. The van der Waals surface area contributed by atoms with Gasteiger partial charge < -0.3 is 10.2 Å². The Kier molecular flexibility index (Phi) is 5.58. The van der Waals surface area contributed by atoms with Crippen molar-refractivity contribution in [2.75, 3.05) is 32.8 Å². The predicted octanol–water partition coefficient (Wildman–Crippen LogP) is 2.24. The zero-order valence-electron chi connectivity index (χ0n) is 13.4. The first-order valence-corrected chi connectivity index (χ1v) is 8.93. The zero-order chi connectivity index (χ0) is 16.9. The largest absolute Gasteiger partial charge is 0.395 e. The second-order valence-electron chi connectivity index (χ2n) is 5.80. The average molecular weight is 343 g/mol. The molecule has 0 aliphatic rings. The monoisotopic (exact) mass is 343 g/mol. The summed E-state index contributed by atoms with van der Waals surface area (Å²) in [6.45, 7) is 2.01. The summed E-state index contributed by atoms with van der Waals surface area (Å²) in [7, 11) is 0. The topological polar surface area (TPSA) is 60.8 Å². The van der Waals surface area contributed by atoms with Crippen LogP contribution in [0.1, 0.15) is 5.56 Å². The van der Waals surface area contributed by atoms with Crippen LogP contribution in [0.2, 0.25) is 0 Å². The fraction of sp³-hybridized carbons (Fsp3) is 0.316. The lowest BCUT2D eigenvalue weighted by atomic mass is 10.1. The van der Waals surface area contributed by atoms with Gasteiger partial charge in [-0.25, -0.2) is 0 Å². The first-order valence-electron chi connectivity index (χ1n) is 8.11. The van der Waals surface area contributed by atoms with Crippen LogP contribution in [0.4, 0.5) is 0 Å². The van der Waals surface area contributed by atoms with E-state index in [1.165, 1.54) is 0 Å². The molecule has 0 aliphatic carbocycles. The Morgan fingerprint density at radius 1 is 0.875 bits per heavy atom. The minimum atomic E-state index is 0.0795. The molecule has 0 amide bonds. The Morgan fingerprint density at radius 2 is 1.58 bits per heavy atom. The second-order valence-corrected chi connectivity index (χ2v) is 6.88. The van der Waals surface area contributed by atoms with Gasteiger partial charge >= 0.3 is 0 Å². The second kappa shape index (κ2) is 7.85. The fourth-order valence-corrected chi connectivity index (χ4v) is 3.96. The molecule has 0 atom stereocenters. The molecule has 4 nitrogen and oxygen atoms in total. The number of nitrogens with zero attached hydrogens (tertiary/aromatic N) is 1. The van der Waals surface area contributed by atoms with Crippen LogP contribution in [0.15, 0.2) is 47.3 Å². The number of aliphatic hydroxyl groups is 2. The Labute approximate surface area is 144 Å². The highest BCUT2D eigenvalue weighted by Crippen LogP contribution is 2.25. The van der Waals surface area contributed by atoms with E-state index >= 15 is 0 Å². The Balaban J connectivity index is 1.89.